The molecule has 1 aliphatic carbocycles. The molecule has 0 saturated heterocycles. The number of hydrogen-bond donors (Lipinski definition) is 1. The second-order valence-electron chi connectivity index (χ2n) is 4.50. The molecule has 0 spiro atoms. The zero-order chi connectivity index (χ0) is 13.1. The van der Waals surface area contributed by atoms with E-state index in [-0.39, 0.29) is 17.6 Å². The summed E-state index contributed by atoms with van der Waals surface area (Å²) in [5.74, 6) is -1.11. The Balaban J connectivity index is 2.22. The minimum absolute atomic E-state index is 0.0112. The van der Waals surface area contributed by atoms with Crippen LogP contribution in [0.25, 0.3) is 0 Å². The molecule has 1 fully saturated rings. The number of hydrogen-bond acceptors (Lipinski definition) is 4. The van der Waals surface area contributed by atoms with E-state index >= 15 is 0 Å². The van der Waals surface area contributed by atoms with Crippen molar-refractivity contribution < 1.29 is 14.7 Å². The van der Waals surface area contributed by atoms with Crippen LogP contribution in [0.1, 0.15) is 49.5 Å². The van der Waals surface area contributed by atoms with Gasteiger partial charge in [0.25, 0.3) is 0 Å². The van der Waals surface area contributed by atoms with Crippen molar-refractivity contribution in [2.24, 2.45) is 0 Å². The van der Waals surface area contributed by atoms with E-state index in [1.807, 2.05) is 0 Å². The molecule has 0 aromatic carbocycles. The fourth-order valence-electron chi connectivity index (χ4n) is 2.36. The monoisotopic (exact) mass is 268 g/mol. The maximum absolute atomic E-state index is 11.8. The van der Waals surface area contributed by atoms with Crippen LogP contribution in [0.4, 0.5) is 5.13 Å². The van der Waals surface area contributed by atoms with E-state index in [1.54, 1.807) is 4.90 Å². The molecule has 2 rings (SSSR count). The number of amides is 1. The number of nitrogens with zero attached hydrogens (tertiary/aromatic N) is 2. The first-order valence-corrected chi connectivity index (χ1v) is 6.96. The lowest BCUT2D eigenvalue weighted by Crippen LogP contribution is -2.40. The van der Waals surface area contributed by atoms with Gasteiger partial charge in [-0.2, -0.15) is 0 Å². The largest absolute Gasteiger partial charge is 0.476 e. The van der Waals surface area contributed by atoms with Crippen molar-refractivity contribution >= 4 is 28.3 Å². The first-order chi connectivity index (χ1) is 8.59. The number of carbonyl (C=O) groups is 2. The molecule has 1 aromatic rings. The van der Waals surface area contributed by atoms with Gasteiger partial charge in [-0.15, -0.1) is 11.3 Å². The van der Waals surface area contributed by atoms with Gasteiger partial charge in [0.2, 0.25) is 5.91 Å². The van der Waals surface area contributed by atoms with Gasteiger partial charge in [0.1, 0.15) is 0 Å². The molecule has 98 valence electrons. The molecule has 1 N–H and O–H groups in total. The second-order valence-corrected chi connectivity index (χ2v) is 5.34. The Morgan fingerprint density at radius 3 is 2.56 bits per heavy atom. The van der Waals surface area contributed by atoms with Crippen LogP contribution in [0, 0.1) is 0 Å². The molecule has 0 atom stereocenters. The Morgan fingerprint density at radius 2 is 2.06 bits per heavy atom. The minimum Gasteiger partial charge on any atom is -0.476 e. The van der Waals surface area contributed by atoms with Crippen molar-refractivity contribution in [1.29, 1.82) is 0 Å². The molecular weight excluding hydrogens is 252 g/mol. The molecule has 0 radical (unpaired) electrons. The Kier molecular flexibility index (Phi) is 3.96. The van der Waals surface area contributed by atoms with Gasteiger partial charge in [-0.1, -0.05) is 19.3 Å². The minimum atomic E-state index is -1.05. The molecule has 1 saturated carbocycles. The molecule has 1 amide bonds. The Bertz CT molecular complexity index is 452. The van der Waals surface area contributed by atoms with Gasteiger partial charge in [0.05, 0.1) is 0 Å². The zero-order valence-corrected chi connectivity index (χ0v) is 11.1. The van der Waals surface area contributed by atoms with E-state index in [4.69, 9.17) is 5.11 Å². The third-order valence-corrected chi connectivity index (χ3v) is 4.04. The number of carboxylic acids is 1. The van der Waals surface area contributed by atoms with Crippen LogP contribution in [0.5, 0.6) is 0 Å². The van der Waals surface area contributed by atoms with Crippen molar-refractivity contribution in [2.45, 2.75) is 45.1 Å². The van der Waals surface area contributed by atoms with Crippen molar-refractivity contribution in [2.75, 3.05) is 4.90 Å². The van der Waals surface area contributed by atoms with E-state index in [1.165, 1.54) is 30.1 Å². The molecule has 1 heterocycles. The Hall–Kier alpha value is -1.43. The summed E-state index contributed by atoms with van der Waals surface area (Å²) in [6.45, 7) is 1.51. The number of carboxylic acid groups (broad SMARTS) is 1. The van der Waals surface area contributed by atoms with Gasteiger partial charge in [0, 0.05) is 18.3 Å². The third kappa shape index (κ3) is 2.69. The summed E-state index contributed by atoms with van der Waals surface area (Å²) in [6, 6.07) is 0.170. The topological polar surface area (TPSA) is 70.5 Å². The average molecular weight is 268 g/mol. The van der Waals surface area contributed by atoms with E-state index in [0.717, 1.165) is 25.7 Å². The maximum Gasteiger partial charge on any atom is 0.355 e. The highest BCUT2D eigenvalue weighted by atomic mass is 32.1. The van der Waals surface area contributed by atoms with E-state index in [2.05, 4.69) is 4.98 Å². The quantitative estimate of drug-likeness (QED) is 0.914. The predicted molar refractivity (Wildman–Crippen MR) is 69.1 cm³/mol. The fraction of sp³-hybridized carbons (Fsp3) is 0.583. The zero-order valence-electron chi connectivity index (χ0n) is 10.3. The lowest BCUT2D eigenvalue weighted by atomic mass is 9.94. The second kappa shape index (κ2) is 5.48. The van der Waals surface area contributed by atoms with Gasteiger partial charge in [-0.3, -0.25) is 9.69 Å². The summed E-state index contributed by atoms with van der Waals surface area (Å²) in [5, 5.41) is 10.9. The van der Waals surface area contributed by atoms with Gasteiger partial charge < -0.3 is 5.11 Å². The Morgan fingerprint density at radius 1 is 1.39 bits per heavy atom. The van der Waals surface area contributed by atoms with Crippen molar-refractivity contribution in [3.63, 3.8) is 0 Å². The highest BCUT2D eigenvalue weighted by molar-refractivity contribution is 7.14. The number of carbonyl (C=O) groups excluding carboxylic acids is 1. The van der Waals surface area contributed by atoms with Crippen molar-refractivity contribution in [3.05, 3.63) is 11.1 Å². The smallest absolute Gasteiger partial charge is 0.355 e. The van der Waals surface area contributed by atoms with Crippen LogP contribution in [0.15, 0.2) is 5.38 Å². The molecular formula is C12H16N2O3S. The summed E-state index contributed by atoms with van der Waals surface area (Å²) in [6.07, 6.45) is 5.39. The lowest BCUT2D eigenvalue weighted by molar-refractivity contribution is -0.117. The van der Waals surface area contributed by atoms with Crippen LogP contribution >= 0.6 is 11.3 Å². The summed E-state index contributed by atoms with van der Waals surface area (Å²) in [7, 11) is 0. The first-order valence-electron chi connectivity index (χ1n) is 6.08. The van der Waals surface area contributed by atoms with Crippen LogP contribution in [0.3, 0.4) is 0 Å². The van der Waals surface area contributed by atoms with E-state index < -0.39 is 5.97 Å². The van der Waals surface area contributed by atoms with E-state index in [0.29, 0.717) is 5.13 Å². The number of anilines is 1. The SMILES string of the molecule is CC(=O)N(c1nc(C(=O)O)cs1)C1CCCCC1. The molecule has 18 heavy (non-hydrogen) atoms. The highest BCUT2D eigenvalue weighted by Crippen LogP contribution is 2.29. The standard InChI is InChI=1S/C12H16N2O3S/c1-8(15)14(9-5-3-2-4-6-9)12-13-10(7-18-12)11(16)17/h7,9H,2-6H2,1H3,(H,16,17). The summed E-state index contributed by atoms with van der Waals surface area (Å²) >= 11 is 1.22. The molecule has 5 nitrogen and oxygen atoms in total. The summed E-state index contributed by atoms with van der Waals surface area (Å²) < 4.78 is 0. The molecule has 0 unspecified atom stereocenters. The molecule has 1 aliphatic rings. The summed E-state index contributed by atoms with van der Waals surface area (Å²) in [4.78, 5) is 28.3. The normalized spacial score (nSPS) is 16.5. The number of aromatic nitrogens is 1. The van der Waals surface area contributed by atoms with Crippen molar-refractivity contribution in [3.8, 4) is 0 Å². The van der Waals surface area contributed by atoms with Gasteiger partial charge in [-0.25, -0.2) is 9.78 Å². The van der Waals surface area contributed by atoms with Gasteiger partial charge in [-0.05, 0) is 12.8 Å². The first kappa shape index (κ1) is 13.0. The molecule has 0 aliphatic heterocycles. The maximum atomic E-state index is 11.8. The number of aromatic carboxylic acids is 1. The molecule has 0 bridgehead atoms. The van der Waals surface area contributed by atoms with Crippen LogP contribution in [-0.2, 0) is 4.79 Å². The highest BCUT2D eigenvalue weighted by Gasteiger charge is 2.27. The number of thiazole rings is 1. The molecule has 6 heteroatoms. The van der Waals surface area contributed by atoms with Gasteiger partial charge >= 0.3 is 5.97 Å². The predicted octanol–water partition coefficient (Wildman–Crippen LogP) is 2.53. The van der Waals surface area contributed by atoms with Crippen molar-refractivity contribution in [1.82, 2.24) is 4.98 Å². The summed E-state index contributed by atoms with van der Waals surface area (Å²) in [5.41, 5.74) is 0.0112. The average Bonchev–Trinajstić information content (AvgIpc) is 2.79. The van der Waals surface area contributed by atoms with Crippen LogP contribution < -0.4 is 4.90 Å². The molecule has 1 aromatic heterocycles. The van der Waals surface area contributed by atoms with Crippen LogP contribution in [-0.4, -0.2) is 28.0 Å². The lowest BCUT2D eigenvalue weighted by Gasteiger charge is -2.31. The Labute approximate surface area is 109 Å². The number of rotatable bonds is 3. The van der Waals surface area contributed by atoms with Gasteiger partial charge in [0.15, 0.2) is 10.8 Å². The fourth-order valence-corrected chi connectivity index (χ4v) is 3.27. The van der Waals surface area contributed by atoms with E-state index in [9.17, 15) is 9.59 Å². The van der Waals surface area contributed by atoms with Crippen LogP contribution in [0.2, 0.25) is 0 Å². The third-order valence-electron chi connectivity index (χ3n) is 3.20.